The third-order valence-corrected chi connectivity index (χ3v) is 3.38. The molecule has 0 unspecified atom stereocenters. The summed E-state index contributed by atoms with van der Waals surface area (Å²) < 4.78 is 31.0. The van der Waals surface area contributed by atoms with Crippen molar-refractivity contribution < 1.29 is 27.5 Å². The van der Waals surface area contributed by atoms with Gasteiger partial charge in [0.2, 0.25) is 0 Å². The zero-order valence-electron chi connectivity index (χ0n) is 12.9. The highest BCUT2D eigenvalue weighted by atomic mass is 32.2. The molecule has 0 atom stereocenters. The van der Waals surface area contributed by atoms with E-state index in [-0.39, 0.29) is 18.7 Å². The molecular formula is C13H19NO6S2. The maximum absolute atomic E-state index is 11.4. The van der Waals surface area contributed by atoms with Crippen LogP contribution in [0.25, 0.3) is 0 Å². The average molecular weight is 349 g/mol. The van der Waals surface area contributed by atoms with Crippen LogP contribution in [0.1, 0.15) is 42.9 Å². The van der Waals surface area contributed by atoms with Crippen molar-refractivity contribution in [3.05, 3.63) is 21.9 Å². The van der Waals surface area contributed by atoms with E-state index < -0.39 is 16.6 Å². The maximum Gasteiger partial charge on any atom is 0.448 e. The molecule has 1 amide bonds. The molecule has 0 saturated carbocycles. The molecule has 0 bridgehead atoms. The van der Waals surface area contributed by atoms with Crippen LogP contribution in [-0.2, 0) is 26.4 Å². The lowest BCUT2D eigenvalue weighted by Gasteiger charge is -2.05. The molecule has 0 aliphatic heterocycles. The first kappa shape index (κ1) is 20.3. The van der Waals surface area contributed by atoms with Gasteiger partial charge in [0.05, 0.1) is 18.3 Å². The molecule has 0 fully saturated rings. The Hall–Kier alpha value is -1.74. The Morgan fingerprint density at radius 2 is 1.95 bits per heavy atom. The second kappa shape index (κ2) is 10.9. The summed E-state index contributed by atoms with van der Waals surface area (Å²) in [5.41, 5.74) is 0.676. The van der Waals surface area contributed by atoms with Gasteiger partial charge in [-0.3, -0.25) is 0 Å². The Kier molecular flexibility index (Phi) is 10.0. The topological polar surface area (TPSA) is 99.1 Å². The molecule has 0 aliphatic rings. The quantitative estimate of drug-likeness (QED) is 0.775. The van der Waals surface area contributed by atoms with Gasteiger partial charge in [-0.05, 0) is 33.3 Å². The number of hydrogen-bond acceptors (Lipinski definition) is 7. The lowest BCUT2D eigenvalue weighted by atomic mass is 10.3. The van der Waals surface area contributed by atoms with Gasteiger partial charge in [0, 0.05) is 10.3 Å². The number of aryl methyl sites for hydroxylation is 1. The highest BCUT2D eigenvalue weighted by Crippen LogP contribution is 2.16. The normalized spacial score (nSPS) is 9.50. The molecule has 1 aromatic heterocycles. The van der Waals surface area contributed by atoms with Crippen LogP contribution in [0, 0.1) is 0 Å². The number of rotatable bonds is 4. The van der Waals surface area contributed by atoms with Crippen molar-refractivity contribution in [3.8, 4) is 0 Å². The van der Waals surface area contributed by atoms with E-state index in [0.29, 0.717) is 5.56 Å². The minimum Gasteiger partial charge on any atom is -0.459 e. The zero-order valence-corrected chi connectivity index (χ0v) is 14.5. The lowest BCUT2D eigenvalue weighted by molar-refractivity contribution is 0.0378. The van der Waals surface area contributed by atoms with E-state index in [1.54, 1.807) is 18.3 Å². The number of hydrogen-bond donors (Lipinski definition) is 0. The zero-order chi connectivity index (χ0) is 17.1. The molecule has 0 saturated heterocycles. The van der Waals surface area contributed by atoms with Gasteiger partial charge in [0.25, 0.3) is 0 Å². The van der Waals surface area contributed by atoms with Gasteiger partial charge in [-0.25, -0.2) is 9.59 Å². The van der Waals surface area contributed by atoms with Crippen molar-refractivity contribution in [2.75, 3.05) is 6.61 Å². The highest BCUT2D eigenvalue weighted by Gasteiger charge is 2.10. The van der Waals surface area contributed by atoms with E-state index in [4.69, 9.17) is 4.74 Å². The predicted octanol–water partition coefficient (Wildman–Crippen LogP) is 3.08. The Morgan fingerprint density at radius 1 is 1.32 bits per heavy atom. The van der Waals surface area contributed by atoms with Crippen molar-refractivity contribution >= 4 is 33.9 Å². The minimum absolute atomic E-state index is 0.0440. The fourth-order valence-electron chi connectivity index (χ4n) is 1.17. The first-order chi connectivity index (χ1) is 10.3. The van der Waals surface area contributed by atoms with E-state index in [0.717, 1.165) is 6.42 Å². The first-order valence-electron chi connectivity index (χ1n) is 6.56. The van der Waals surface area contributed by atoms with Crippen molar-refractivity contribution in [3.63, 3.8) is 0 Å². The molecule has 0 aliphatic carbocycles. The third kappa shape index (κ3) is 9.24. The highest BCUT2D eigenvalue weighted by molar-refractivity contribution is 7.62. The van der Waals surface area contributed by atoms with E-state index in [1.165, 1.54) is 4.88 Å². The van der Waals surface area contributed by atoms with Crippen LogP contribution in [0.15, 0.2) is 15.8 Å². The van der Waals surface area contributed by atoms with E-state index in [2.05, 4.69) is 16.0 Å². The fraction of sp³-hybridized carbons (Fsp3) is 0.538. The van der Waals surface area contributed by atoms with Gasteiger partial charge in [0.15, 0.2) is 0 Å². The van der Waals surface area contributed by atoms with Crippen molar-refractivity contribution in [2.24, 2.45) is 4.36 Å². The SMILES string of the molecule is CCOC(=O)N=S(=O)=O.CCc1cc(C(=O)OC(C)C)cs1. The molecule has 1 heterocycles. The molecule has 7 nitrogen and oxygen atoms in total. The van der Waals surface area contributed by atoms with E-state index in [1.807, 2.05) is 25.3 Å². The van der Waals surface area contributed by atoms with Gasteiger partial charge in [-0.2, -0.15) is 8.42 Å². The summed E-state index contributed by atoms with van der Waals surface area (Å²) in [6.45, 7) is 7.46. The first-order valence-corrected chi connectivity index (χ1v) is 8.47. The van der Waals surface area contributed by atoms with Crippen molar-refractivity contribution in [1.82, 2.24) is 0 Å². The van der Waals surface area contributed by atoms with Crippen molar-refractivity contribution in [1.29, 1.82) is 0 Å². The summed E-state index contributed by atoms with van der Waals surface area (Å²) >= 11 is 1.60. The summed E-state index contributed by atoms with van der Waals surface area (Å²) in [5.74, 6) is -0.217. The number of amides is 1. The smallest absolute Gasteiger partial charge is 0.448 e. The van der Waals surface area contributed by atoms with E-state index in [9.17, 15) is 18.0 Å². The van der Waals surface area contributed by atoms with Gasteiger partial charge in [0.1, 0.15) is 0 Å². The molecule has 1 aromatic rings. The van der Waals surface area contributed by atoms with Crippen LogP contribution in [0.5, 0.6) is 0 Å². The average Bonchev–Trinajstić information content (AvgIpc) is 2.86. The van der Waals surface area contributed by atoms with Crippen molar-refractivity contribution in [2.45, 2.75) is 40.2 Å². The molecule has 0 radical (unpaired) electrons. The largest absolute Gasteiger partial charge is 0.459 e. The molecule has 1 rings (SSSR count). The molecular weight excluding hydrogens is 330 g/mol. The van der Waals surface area contributed by atoms with Gasteiger partial charge in [-0.15, -0.1) is 11.3 Å². The summed E-state index contributed by atoms with van der Waals surface area (Å²) in [4.78, 5) is 22.7. The standard InChI is InChI=1S/C10H14O2S.C3H5NO4S/c1-4-9-5-8(6-13-9)10(11)12-7(2)3;1-2-8-3(5)4-9(6)7/h5-7H,4H2,1-3H3;2H2,1H3. The number of carbonyl (C=O) groups excluding carboxylic acids is 2. The van der Waals surface area contributed by atoms with Crippen LogP contribution in [-0.4, -0.2) is 33.2 Å². The third-order valence-electron chi connectivity index (χ3n) is 2.00. The molecule has 124 valence electrons. The summed E-state index contributed by atoms with van der Waals surface area (Å²) in [6.07, 6.45) is -0.150. The monoisotopic (exact) mass is 349 g/mol. The predicted molar refractivity (Wildman–Crippen MR) is 82.6 cm³/mol. The lowest BCUT2D eigenvalue weighted by Crippen LogP contribution is -2.10. The van der Waals surface area contributed by atoms with Crippen LogP contribution in [0.4, 0.5) is 4.79 Å². The van der Waals surface area contributed by atoms with Crippen LogP contribution >= 0.6 is 11.3 Å². The van der Waals surface area contributed by atoms with Gasteiger partial charge in [-0.1, -0.05) is 11.3 Å². The second-order valence-electron chi connectivity index (χ2n) is 4.12. The number of nitrogens with zero attached hydrogens (tertiary/aromatic N) is 1. The summed E-state index contributed by atoms with van der Waals surface area (Å²) in [6, 6.07) is 1.90. The Bertz CT molecular complexity index is 610. The van der Waals surface area contributed by atoms with Crippen LogP contribution in [0.2, 0.25) is 0 Å². The number of thiophene rings is 1. The number of carbonyl (C=O) groups is 2. The van der Waals surface area contributed by atoms with Gasteiger partial charge < -0.3 is 9.47 Å². The van der Waals surface area contributed by atoms with Crippen LogP contribution < -0.4 is 0 Å². The maximum atomic E-state index is 11.4. The minimum atomic E-state index is -2.70. The molecule has 9 heteroatoms. The Morgan fingerprint density at radius 3 is 2.36 bits per heavy atom. The summed E-state index contributed by atoms with van der Waals surface area (Å²) in [7, 11) is -2.70. The van der Waals surface area contributed by atoms with Crippen LogP contribution in [0.3, 0.4) is 0 Å². The Labute approximate surface area is 135 Å². The fourth-order valence-corrected chi connectivity index (χ4v) is 2.14. The number of esters is 1. The van der Waals surface area contributed by atoms with E-state index >= 15 is 0 Å². The molecule has 0 spiro atoms. The number of ether oxygens (including phenoxy) is 2. The molecule has 0 N–H and O–H groups in total. The second-order valence-corrected chi connectivity index (χ2v) is 5.73. The summed E-state index contributed by atoms with van der Waals surface area (Å²) in [5, 5.41) is 1.85. The molecule has 0 aromatic carbocycles. The Balaban J connectivity index is 0.000000433. The molecule has 22 heavy (non-hydrogen) atoms. The van der Waals surface area contributed by atoms with Gasteiger partial charge >= 0.3 is 22.6 Å².